The summed E-state index contributed by atoms with van der Waals surface area (Å²) in [5.74, 6) is -0.941. The van der Waals surface area contributed by atoms with Crippen LogP contribution in [-0.4, -0.2) is 207 Å². The molecule has 0 rings (SSSR count). The van der Waals surface area contributed by atoms with Crippen molar-refractivity contribution in [1.29, 1.82) is 0 Å². The third-order valence-corrected chi connectivity index (χ3v) is 44.1. The van der Waals surface area contributed by atoms with Crippen LogP contribution in [0.15, 0.2) is 48.6 Å². The van der Waals surface area contributed by atoms with E-state index in [1.165, 1.54) is 77.0 Å². The topological polar surface area (TPSA) is 210 Å². The van der Waals surface area contributed by atoms with E-state index in [2.05, 4.69) is 208 Å². The predicted molar refractivity (Wildman–Crippen MR) is 537 cm³/mol. The van der Waals surface area contributed by atoms with Crippen molar-refractivity contribution in [3.8, 4) is 0 Å². The molecule has 0 spiro atoms. The molecule has 4 unspecified atom stereocenters. The van der Waals surface area contributed by atoms with Crippen molar-refractivity contribution < 1.29 is 65.4 Å². The standard InChI is InChI=1S/C102H199N5O14Si4/c1-26-30-34-38-42-46-63-79-114-95(110)70-56-50-53-67-89(118-122(18,19)99(5,6)7)83-106(84-90(119-123(20,21)100(8,9)10)68-54-51-57-71-96(111)115-80-64-47-43-39-35-31-27-2)77-61-59-75-103-93(108)87-105(17)88-94(109)104-76-60-62-78-107(86-92(121-125(24,25)102(14,15)16)73-74-98(113)117-82-66-49-45-41-37-33-29-4)85-91(120-124(22,23)101(11,12)13)69-55-52-58-72-97(112)116-81-65-48-44-40-36-32-28-3/h46-49,63-66,89-92H,26-45,50-62,67-88H2,1-25H3,(H,103,108)(H,104,109)/b63-46-,64-47-,65-48-,66-49-. The quantitative estimate of drug-likeness (QED) is 0.0191. The van der Waals surface area contributed by atoms with Gasteiger partial charge in [-0.15, -0.1) is 0 Å². The number of carbonyl (C=O) groups excluding carboxylic acids is 6. The van der Waals surface area contributed by atoms with Crippen molar-refractivity contribution >= 4 is 69.0 Å². The zero-order valence-corrected chi connectivity index (χ0v) is 89.9. The molecule has 125 heavy (non-hydrogen) atoms. The van der Waals surface area contributed by atoms with Crippen LogP contribution in [0.3, 0.4) is 0 Å². The highest BCUT2D eigenvalue weighted by Crippen LogP contribution is 2.42. The molecule has 2 N–H and O–H groups in total. The molecule has 0 aliphatic carbocycles. The van der Waals surface area contributed by atoms with Gasteiger partial charge in [0.2, 0.25) is 11.8 Å². The fourth-order valence-corrected chi connectivity index (χ4v) is 19.4. The van der Waals surface area contributed by atoms with Crippen molar-refractivity contribution in [3.63, 3.8) is 0 Å². The Morgan fingerprint density at radius 3 is 0.784 bits per heavy atom. The van der Waals surface area contributed by atoms with E-state index in [0.717, 1.165) is 180 Å². The summed E-state index contributed by atoms with van der Waals surface area (Å²) in [6, 6.07) is 0. The number of nitrogens with zero attached hydrogens (tertiary/aromatic N) is 3. The average molecular weight is 1830 g/mol. The average Bonchev–Trinajstić information content (AvgIpc) is 0.835. The number of nitrogens with one attached hydrogen (secondary N) is 2. The van der Waals surface area contributed by atoms with E-state index < -0.39 is 33.3 Å². The normalized spacial score (nSPS) is 14.1. The van der Waals surface area contributed by atoms with Crippen LogP contribution >= 0.6 is 0 Å². The number of rotatable bonds is 79. The van der Waals surface area contributed by atoms with E-state index in [1.54, 1.807) is 4.90 Å². The smallest absolute Gasteiger partial charge is 0.306 e. The lowest BCUT2D eigenvalue weighted by Crippen LogP contribution is -2.50. The Bertz CT molecular complexity index is 2820. The maximum absolute atomic E-state index is 13.7. The molecule has 0 saturated carbocycles. The minimum Gasteiger partial charge on any atom is -0.461 e. The van der Waals surface area contributed by atoms with Crippen LogP contribution < -0.4 is 10.6 Å². The molecule has 0 heterocycles. The molecule has 0 saturated heterocycles. The number of amides is 2. The van der Waals surface area contributed by atoms with Crippen molar-refractivity contribution in [2.75, 3.05) is 98.9 Å². The van der Waals surface area contributed by atoms with Gasteiger partial charge in [0.1, 0.15) is 26.4 Å². The maximum atomic E-state index is 13.7. The van der Waals surface area contributed by atoms with Gasteiger partial charge >= 0.3 is 23.9 Å². The minimum atomic E-state index is -2.33. The van der Waals surface area contributed by atoms with Crippen LogP contribution in [0.2, 0.25) is 72.5 Å². The number of likely N-dealkylation sites (N-methyl/N-ethyl adjacent to an activating group) is 1. The van der Waals surface area contributed by atoms with Crippen LogP contribution in [-0.2, 0) is 65.4 Å². The van der Waals surface area contributed by atoms with E-state index in [4.69, 9.17) is 36.7 Å². The van der Waals surface area contributed by atoms with Gasteiger partial charge < -0.3 is 47.3 Å². The van der Waals surface area contributed by atoms with Gasteiger partial charge in [0.15, 0.2) is 33.3 Å². The van der Waals surface area contributed by atoms with Gasteiger partial charge in [-0.3, -0.25) is 43.5 Å². The number of allylic oxidation sites excluding steroid dienone is 4. The van der Waals surface area contributed by atoms with Crippen LogP contribution in [0.4, 0.5) is 0 Å². The van der Waals surface area contributed by atoms with E-state index >= 15 is 0 Å². The summed E-state index contributed by atoms with van der Waals surface area (Å²) in [4.78, 5) is 86.3. The zero-order valence-electron chi connectivity index (χ0n) is 85.9. The first-order valence-corrected chi connectivity index (χ1v) is 62.1. The fraction of sp³-hybridized carbons (Fsp3) is 0.863. The number of esters is 4. The van der Waals surface area contributed by atoms with Crippen molar-refractivity contribution in [2.24, 2.45) is 0 Å². The third kappa shape index (κ3) is 64.8. The molecule has 0 bridgehead atoms. The predicted octanol–water partition coefficient (Wildman–Crippen LogP) is 25.8. The Kier molecular flexibility index (Phi) is 68.1. The molecule has 0 radical (unpaired) electrons. The number of hydrogen-bond donors (Lipinski definition) is 2. The summed E-state index contributed by atoms with van der Waals surface area (Å²) in [5, 5.41) is 6.26. The van der Waals surface area contributed by atoms with E-state index in [-0.39, 0.29) is 106 Å². The van der Waals surface area contributed by atoms with Crippen LogP contribution in [0, 0.1) is 0 Å². The van der Waals surface area contributed by atoms with Crippen molar-refractivity contribution in [2.45, 2.75) is 471 Å². The Labute approximate surface area is 773 Å². The Balaban J connectivity index is 6.70. The number of ether oxygens (including phenoxy) is 4. The second kappa shape index (κ2) is 70.1. The largest absolute Gasteiger partial charge is 0.461 e. The summed E-state index contributed by atoms with van der Waals surface area (Å²) in [6.45, 7) is 61.5. The molecule has 0 fully saturated rings. The first-order valence-electron chi connectivity index (χ1n) is 50.5. The molecule has 19 nitrogen and oxygen atoms in total. The molecular formula is C102H199N5O14Si4. The molecule has 23 heteroatoms. The first-order chi connectivity index (χ1) is 58.8. The van der Waals surface area contributed by atoms with Crippen LogP contribution in [0.1, 0.15) is 374 Å². The van der Waals surface area contributed by atoms with Crippen LogP contribution in [0.25, 0.3) is 0 Å². The van der Waals surface area contributed by atoms with Crippen molar-refractivity contribution in [1.82, 2.24) is 25.3 Å². The monoisotopic (exact) mass is 1830 g/mol. The Morgan fingerprint density at radius 2 is 0.536 bits per heavy atom. The fourth-order valence-electron chi connectivity index (χ4n) is 13.9. The molecular weight excluding hydrogens is 1630 g/mol. The molecule has 0 aromatic heterocycles. The molecule has 4 atom stereocenters. The zero-order chi connectivity index (χ0) is 94.1. The first kappa shape index (κ1) is 121. The van der Waals surface area contributed by atoms with Gasteiger partial charge in [-0.2, -0.15) is 0 Å². The van der Waals surface area contributed by atoms with E-state index in [9.17, 15) is 28.8 Å². The highest BCUT2D eigenvalue weighted by Gasteiger charge is 2.44. The number of hydrogen-bond acceptors (Lipinski definition) is 17. The summed E-state index contributed by atoms with van der Waals surface area (Å²) in [6.07, 6.45) is 54.8. The van der Waals surface area contributed by atoms with E-state index in [0.29, 0.717) is 71.7 Å². The van der Waals surface area contributed by atoms with Crippen LogP contribution in [0.5, 0.6) is 0 Å². The van der Waals surface area contributed by atoms with Gasteiger partial charge in [-0.05, 0) is 215 Å². The minimum absolute atomic E-state index is 0.00406. The Hall–Kier alpha value is -3.63. The molecule has 2 amide bonds. The Morgan fingerprint density at radius 1 is 0.296 bits per heavy atom. The van der Waals surface area contributed by atoms with Gasteiger partial charge in [-0.25, -0.2) is 0 Å². The molecule has 0 aromatic carbocycles. The molecule has 0 aliphatic heterocycles. The summed E-state index contributed by atoms with van der Waals surface area (Å²) < 4.78 is 52.0. The second-order valence-corrected chi connectivity index (χ2v) is 61.2. The van der Waals surface area contributed by atoms with Gasteiger partial charge in [-0.1, -0.05) is 275 Å². The SMILES string of the molecule is CCCCCC/C=C\COC(=O)CCCCCC(CN(CCCCNC(=O)CN(C)CC(=O)NCCCCN(CC(CCCCCC(=O)OC/C=C\CCCCCC)O[Si](C)(C)C(C)(C)C)CC(CCC(=O)OC/C=C\CCCCCC)O[Si](C)(C)C(C)(C)C)CC(CCCCCC(=O)OC/C=C\CCCCCC)O[Si](C)(C)C(C)(C)C)O[Si](C)(C)C(C)(C)C. The number of carbonyl (C=O) groups is 6. The van der Waals surface area contributed by atoms with Crippen molar-refractivity contribution in [3.05, 3.63) is 48.6 Å². The summed E-state index contributed by atoms with van der Waals surface area (Å²) >= 11 is 0. The lowest BCUT2D eigenvalue weighted by molar-refractivity contribution is -0.143. The second-order valence-electron chi connectivity index (χ2n) is 42.2. The van der Waals surface area contributed by atoms with Gasteiger partial charge in [0.25, 0.3) is 0 Å². The third-order valence-electron chi connectivity index (χ3n) is 26.0. The molecule has 732 valence electrons. The lowest BCUT2D eigenvalue weighted by Gasteiger charge is -2.42. The molecule has 0 aromatic rings. The highest BCUT2D eigenvalue weighted by atomic mass is 28.4. The van der Waals surface area contributed by atoms with Gasteiger partial charge in [0, 0.05) is 65.0 Å². The lowest BCUT2D eigenvalue weighted by atomic mass is 10.1. The summed E-state index contributed by atoms with van der Waals surface area (Å²) in [5.41, 5.74) is 0. The van der Waals surface area contributed by atoms with E-state index in [1.807, 2.05) is 31.4 Å². The maximum Gasteiger partial charge on any atom is 0.306 e. The molecule has 0 aliphatic rings. The number of unbranched alkanes of at least 4 members (excludes halogenated alkanes) is 24. The van der Waals surface area contributed by atoms with Gasteiger partial charge in [0.05, 0.1) is 37.5 Å². The highest BCUT2D eigenvalue weighted by molar-refractivity contribution is 6.75. The summed E-state index contributed by atoms with van der Waals surface area (Å²) in [7, 11) is -7.26.